The number of β-amino-alcohol motifs (C(OH)–C–C–N with tert-alkyl or cyclic N) is 1. The quantitative estimate of drug-likeness (QED) is 0.756. The summed E-state index contributed by atoms with van der Waals surface area (Å²) in [6, 6.07) is 9.17. The fraction of sp³-hybridized carbons (Fsp3) is 0.417. The lowest BCUT2D eigenvalue weighted by molar-refractivity contribution is 0.0727. The van der Waals surface area contributed by atoms with Crippen LogP contribution in [0.4, 0.5) is 10.5 Å². The third-order valence-electron chi connectivity index (χ3n) is 2.76. The lowest BCUT2D eigenvalue weighted by Gasteiger charge is -2.19. The Kier molecular flexibility index (Phi) is 2.83. The average Bonchev–Trinajstić information content (AvgIpc) is 2.60. The number of anilines is 1. The van der Waals surface area contributed by atoms with Crippen molar-refractivity contribution in [1.82, 2.24) is 4.90 Å². The van der Waals surface area contributed by atoms with Crippen LogP contribution in [-0.2, 0) is 0 Å². The molecule has 0 spiro atoms. The zero-order valence-corrected chi connectivity index (χ0v) is 9.31. The van der Waals surface area contributed by atoms with E-state index in [2.05, 4.69) is 5.32 Å². The van der Waals surface area contributed by atoms with E-state index >= 15 is 0 Å². The number of carbonyl (C=O) groups is 1. The number of carbonyl (C=O) groups excluding carboxylic acids is 1. The van der Waals surface area contributed by atoms with E-state index in [0.717, 1.165) is 5.69 Å². The van der Waals surface area contributed by atoms with Gasteiger partial charge in [-0.3, -0.25) is 0 Å². The van der Waals surface area contributed by atoms with E-state index in [9.17, 15) is 9.90 Å². The van der Waals surface area contributed by atoms with Crippen LogP contribution in [0.3, 0.4) is 0 Å². The van der Waals surface area contributed by atoms with Gasteiger partial charge >= 0.3 is 6.03 Å². The number of nitrogens with zero attached hydrogens (tertiary/aromatic N) is 1. The van der Waals surface area contributed by atoms with Gasteiger partial charge in [0, 0.05) is 12.2 Å². The average molecular weight is 220 g/mol. The minimum atomic E-state index is -0.742. The summed E-state index contributed by atoms with van der Waals surface area (Å²) in [5, 5.41) is 12.6. The molecule has 2 rings (SSSR count). The topological polar surface area (TPSA) is 52.6 Å². The van der Waals surface area contributed by atoms with Gasteiger partial charge in [0.15, 0.2) is 0 Å². The molecule has 1 aliphatic rings. The Morgan fingerprint density at radius 3 is 2.69 bits per heavy atom. The van der Waals surface area contributed by atoms with Crippen LogP contribution in [0, 0.1) is 0 Å². The standard InChI is InChI=1S/C12H16N2O2/c1-12(16)7-8-14(9-12)11(15)13-10-5-3-2-4-6-10/h2-6,16H,7-9H2,1H3,(H,13,15). The molecule has 0 aromatic heterocycles. The van der Waals surface area contributed by atoms with E-state index in [-0.39, 0.29) is 6.03 Å². The first-order chi connectivity index (χ1) is 7.57. The normalized spacial score (nSPS) is 24.5. The van der Waals surface area contributed by atoms with Crippen LogP contribution in [-0.4, -0.2) is 34.7 Å². The van der Waals surface area contributed by atoms with Gasteiger partial charge in [0.2, 0.25) is 0 Å². The van der Waals surface area contributed by atoms with Crippen molar-refractivity contribution in [3.8, 4) is 0 Å². The Hall–Kier alpha value is -1.55. The number of amides is 2. The highest BCUT2D eigenvalue weighted by atomic mass is 16.3. The van der Waals surface area contributed by atoms with Gasteiger partial charge in [-0.2, -0.15) is 0 Å². The van der Waals surface area contributed by atoms with Gasteiger partial charge in [0.05, 0.1) is 12.1 Å². The maximum Gasteiger partial charge on any atom is 0.321 e. The molecule has 0 radical (unpaired) electrons. The lowest BCUT2D eigenvalue weighted by Crippen LogP contribution is -2.36. The summed E-state index contributed by atoms with van der Waals surface area (Å²) in [5.74, 6) is 0. The molecular weight excluding hydrogens is 204 g/mol. The molecule has 0 saturated carbocycles. The van der Waals surface area contributed by atoms with Crippen LogP contribution >= 0.6 is 0 Å². The van der Waals surface area contributed by atoms with Crippen LogP contribution in [0.1, 0.15) is 13.3 Å². The minimum Gasteiger partial charge on any atom is -0.388 e. The van der Waals surface area contributed by atoms with Crippen molar-refractivity contribution in [1.29, 1.82) is 0 Å². The summed E-state index contributed by atoms with van der Waals surface area (Å²) in [6.45, 7) is 2.75. The maximum absolute atomic E-state index is 11.8. The Morgan fingerprint density at radius 2 is 2.12 bits per heavy atom. The van der Waals surface area contributed by atoms with Crippen LogP contribution in [0.5, 0.6) is 0 Å². The summed E-state index contributed by atoms with van der Waals surface area (Å²) in [7, 11) is 0. The molecule has 2 amide bonds. The Labute approximate surface area is 94.9 Å². The number of benzene rings is 1. The predicted molar refractivity (Wildman–Crippen MR) is 62.3 cm³/mol. The SMILES string of the molecule is CC1(O)CCN(C(=O)Nc2ccccc2)C1. The number of aliphatic hydroxyl groups is 1. The van der Waals surface area contributed by atoms with Gasteiger partial charge in [0.25, 0.3) is 0 Å². The van der Waals surface area contributed by atoms with Crippen molar-refractivity contribution in [2.45, 2.75) is 18.9 Å². The van der Waals surface area contributed by atoms with Gasteiger partial charge in [-0.05, 0) is 25.5 Å². The second-order valence-electron chi connectivity index (χ2n) is 4.46. The van der Waals surface area contributed by atoms with E-state index in [1.807, 2.05) is 30.3 Å². The molecule has 86 valence electrons. The van der Waals surface area contributed by atoms with Crippen molar-refractivity contribution in [3.63, 3.8) is 0 Å². The van der Waals surface area contributed by atoms with E-state index < -0.39 is 5.60 Å². The minimum absolute atomic E-state index is 0.149. The summed E-state index contributed by atoms with van der Waals surface area (Å²) >= 11 is 0. The van der Waals surface area contributed by atoms with Gasteiger partial charge in [-0.1, -0.05) is 18.2 Å². The second-order valence-corrected chi connectivity index (χ2v) is 4.46. The number of hydrogen-bond acceptors (Lipinski definition) is 2. The zero-order valence-electron chi connectivity index (χ0n) is 9.31. The first-order valence-corrected chi connectivity index (χ1v) is 5.40. The van der Waals surface area contributed by atoms with Crippen molar-refractivity contribution in [3.05, 3.63) is 30.3 Å². The van der Waals surface area contributed by atoms with Gasteiger partial charge in [0.1, 0.15) is 0 Å². The molecular formula is C12H16N2O2. The predicted octanol–water partition coefficient (Wildman–Crippen LogP) is 1.68. The number of urea groups is 1. The Balaban J connectivity index is 1.95. The highest BCUT2D eigenvalue weighted by Gasteiger charge is 2.33. The molecule has 0 aliphatic carbocycles. The molecule has 4 heteroatoms. The summed E-state index contributed by atoms with van der Waals surface area (Å²) < 4.78 is 0. The number of rotatable bonds is 1. The highest BCUT2D eigenvalue weighted by molar-refractivity contribution is 5.89. The molecule has 1 aromatic rings. The molecule has 1 atom stereocenters. The number of likely N-dealkylation sites (tertiary alicyclic amines) is 1. The van der Waals surface area contributed by atoms with Crippen molar-refractivity contribution in [2.75, 3.05) is 18.4 Å². The molecule has 4 nitrogen and oxygen atoms in total. The molecule has 1 aromatic carbocycles. The second kappa shape index (κ2) is 4.14. The third-order valence-corrected chi connectivity index (χ3v) is 2.76. The van der Waals surface area contributed by atoms with Crippen LogP contribution in [0.25, 0.3) is 0 Å². The monoisotopic (exact) mass is 220 g/mol. The maximum atomic E-state index is 11.8. The Morgan fingerprint density at radius 1 is 1.44 bits per heavy atom. The molecule has 1 heterocycles. The fourth-order valence-corrected chi connectivity index (χ4v) is 1.84. The van der Waals surface area contributed by atoms with Crippen LogP contribution in [0.15, 0.2) is 30.3 Å². The first kappa shape index (κ1) is 11.0. The van der Waals surface area contributed by atoms with Crippen LogP contribution in [0.2, 0.25) is 0 Å². The summed E-state index contributed by atoms with van der Waals surface area (Å²) in [5.41, 5.74) is 0.0349. The zero-order chi connectivity index (χ0) is 11.6. The lowest BCUT2D eigenvalue weighted by atomic mass is 10.1. The van der Waals surface area contributed by atoms with Crippen molar-refractivity contribution < 1.29 is 9.90 Å². The van der Waals surface area contributed by atoms with Crippen molar-refractivity contribution in [2.24, 2.45) is 0 Å². The van der Waals surface area contributed by atoms with E-state index in [1.54, 1.807) is 11.8 Å². The molecule has 1 fully saturated rings. The van der Waals surface area contributed by atoms with E-state index in [0.29, 0.717) is 19.5 Å². The number of hydrogen-bond donors (Lipinski definition) is 2. The number of nitrogens with one attached hydrogen (secondary N) is 1. The molecule has 1 unspecified atom stereocenters. The summed E-state index contributed by atoms with van der Waals surface area (Å²) in [6.07, 6.45) is 0.634. The molecule has 0 bridgehead atoms. The van der Waals surface area contributed by atoms with E-state index in [4.69, 9.17) is 0 Å². The largest absolute Gasteiger partial charge is 0.388 e. The van der Waals surface area contributed by atoms with Gasteiger partial charge in [-0.25, -0.2) is 4.79 Å². The molecule has 1 aliphatic heterocycles. The number of para-hydroxylation sites is 1. The molecule has 1 saturated heterocycles. The van der Waals surface area contributed by atoms with Gasteiger partial charge in [-0.15, -0.1) is 0 Å². The van der Waals surface area contributed by atoms with Gasteiger partial charge < -0.3 is 15.3 Å². The van der Waals surface area contributed by atoms with Crippen LogP contribution < -0.4 is 5.32 Å². The molecule has 2 N–H and O–H groups in total. The molecule has 16 heavy (non-hydrogen) atoms. The Bertz CT molecular complexity index is 376. The third kappa shape index (κ3) is 2.52. The highest BCUT2D eigenvalue weighted by Crippen LogP contribution is 2.20. The summed E-state index contributed by atoms with van der Waals surface area (Å²) in [4.78, 5) is 13.4. The van der Waals surface area contributed by atoms with Crippen molar-refractivity contribution >= 4 is 11.7 Å². The first-order valence-electron chi connectivity index (χ1n) is 5.40. The fourth-order valence-electron chi connectivity index (χ4n) is 1.84. The smallest absolute Gasteiger partial charge is 0.321 e. The van der Waals surface area contributed by atoms with E-state index in [1.165, 1.54) is 0 Å².